The van der Waals surface area contributed by atoms with Gasteiger partial charge < -0.3 is 24.8 Å². The number of amides is 3. The maximum atomic E-state index is 13.1. The predicted molar refractivity (Wildman–Crippen MR) is 128 cm³/mol. The van der Waals surface area contributed by atoms with Gasteiger partial charge in [-0.3, -0.25) is 9.59 Å². The third-order valence-electron chi connectivity index (χ3n) is 5.25. The summed E-state index contributed by atoms with van der Waals surface area (Å²) >= 11 is 0. The highest BCUT2D eigenvalue weighted by Gasteiger charge is 2.34. The molecular formula is C22H37N5O7S. The van der Waals surface area contributed by atoms with Gasteiger partial charge in [-0.2, -0.15) is 4.98 Å². The van der Waals surface area contributed by atoms with E-state index in [2.05, 4.69) is 20.8 Å². The normalized spacial score (nSPS) is 16.6. The lowest BCUT2D eigenvalue weighted by atomic mass is 9.97. The Morgan fingerprint density at radius 2 is 1.69 bits per heavy atom. The summed E-state index contributed by atoms with van der Waals surface area (Å²) in [7, 11) is -3.67. The SMILES string of the molecule is CCC(NC(=O)C(CS(=O)(=O)CC(C)C)NC(=O)N1CCOCC1)C(=O)c1noc(C(C)(C)C)n1. The molecule has 1 aromatic rings. The molecular weight excluding hydrogens is 478 g/mol. The van der Waals surface area contributed by atoms with E-state index in [-0.39, 0.29) is 29.8 Å². The summed E-state index contributed by atoms with van der Waals surface area (Å²) in [6.45, 7) is 12.1. The summed E-state index contributed by atoms with van der Waals surface area (Å²) in [6.07, 6.45) is 0.201. The third kappa shape index (κ3) is 8.57. The lowest BCUT2D eigenvalue weighted by Gasteiger charge is -2.29. The van der Waals surface area contributed by atoms with Crippen LogP contribution in [0, 0.1) is 5.92 Å². The molecule has 35 heavy (non-hydrogen) atoms. The van der Waals surface area contributed by atoms with E-state index in [4.69, 9.17) is 9.26 Å². The standard InChI is InChI=1S/C22H37N5O7S/c1-7-15(17(28)18-25-20(34-26-18)22(4,5)6)23-19(29)16(13-35(31,32)12-14(2)3)24-21(30)27-8-10-33-11-9-27/h14-16H,7-13H2,1-6H3,(H,23,29)(H,24,30). The van der Waals surface area contributed by atoms with Crippen molar-refractivity contribution in [2.24, 2.45) is 5.92 Å². The number of ketones is 1. The second kappa shape index (κ2) is 11.9. The summed E-state index contributed by atoms with van der Waals surface area (Å²) in [6, 6.07) is -2.98. The molecule has 1 aliphatic heterocycles. The molecule has 1 saturated heterocycles. The minimum atomic E-state index is -3.67. The maximum absolute atomic E-state index is 13.1. The number of carbonyl (C=O) groups excluding carboxylic acids is 3. The van der Waals surface area contributed by atoms with Gasteiger partial charge in [-0.25, -0.2) is 13.2 Å². The quantitative estimate of drug-likeness (QED) is 0.432. The van der Waals surface area contributed by atoms with Crippen LogP contribution in [0.1, 0.15) is 64.5 Å². The number of Topliss-reactive ketones (excluding diaryl/α,β-unsaturated/α-hetero) is 1. The van der Waals surface area contributed by atoms with Gasteiger partial charge in [0.1, 0.15) is 6.04 Å². The number of nitrogens with zero attached hydrogens (tertiary/aromatic N) is 3. The molecule has 1 aromatic heterocycles. The Bertz CT molecular complexity index is 994. The van der Waals surface area contributed by atoms with Gasteiger partial charge in [0.2, 0.25) is 23.4 Å². The highest BCUT2D eigenvalue weighted by molar-refractivity contribution is 7.91. The molecule has 0 aromatic carbocycles. The molecule has 2 heterocycles. The van der Waals surface area contributed by atoms with Crippen molar-refractivity contribution < 1.29 is 32.1 Å². The third-order valence-corrected chi connectivity index (χ3v) is 7.27. The monoisotopic (exact) mass is 515 g/mol. The number of ether oxygens (including phenoxy) is 1. The Morgan fingerprint density at radius 1 is 1.06 bits per heavy atom. The number of nitrogens with one attached hydrogen (secondary N) is 2. The van der Waals surface area contributed by atoms with Gasteiger partial charge in [0, 0.05) is 18.5 Å². The van der Waals surface area contributed by atoms with Crippen LogP contribution in [0.15, 0.2) is 4.52 Å². The molecule has 2 unspecified atom stereocenters. The fourth-order valence-electron chi connectivity index (χ4n) is 3.43. The van der Waals surface area contributed by atoms with Crippen molar-refractivity contribution in [3.8, 4) is 0 Å². The van der Waals surface area contributed by atoms with Crippen LogP contribution in [0.2, 0.25) is 0 Å². The second-order valence-electron chi connectivity index (χ2n) is 10.1. The highest BCUT2D eigenvalue weighted by Crippen LogP contribution is 2.20. The van der Waals surface area contributed by atoms with Crippen LogP contribution in [-0.2, 0) is 24.8 Å². The summed E-state index contributed by atoms with van der Waals surface area (Å²) in [5.74, 6) is -2.13. The molecule has 198 valence electrons. The Balaban J connectivity index is 2.20. The van der Waals surface area contributed by atoms with Crippen LogP contribution in [0.25, 0.3) is 0 Å². The number of morpholine rings is 1. The molecule has 1 fully saturated rings. The van der Waals surface area contributed by atoms with Crippen molar-refractivity contribution in [1.29, 1.82) is 0 Å². The van der Waals surface area contributed by atoms with Crippen molar-refractivity contribution in [3.63, 3.8) is 0 Å². The highest BCUT2D eigenvalue weighted by atomic mass is 32.2. The summed E-state index contributed by atoms with van der Waals surface area (Å²) < 4.78 is 35.7. The average molecular weight is 516 g/mol. The minimum Gasteiger partial charge on any atom is -0.378 e. The van der Waals surface area contributed by atoms with E-state index in [9.17, 15) is 22.8 Å². The maximum Gasteiger partial charge on any atom is 0.318 e. The molecule has 2 N–H and O–H groups in total. The van der Waals surface area contributed by atoms with Crippen molar-refractivity contribution in [2.45, 2.75) is 65.5 Å². The van der Waals surface area contributed by atoms with Crippen LogP contribution in [0.5, 0.6) is 0 Å². The first-order valence-electron chi connectivity index (χ1n) is 11.8. The van der Waals surface area contributed by atoms with Crippen LogP contribution in [-0.4, -0.2) is 91.1 Å². The Labute approximate surface area is 206 Å². The van der Waals surface area contributed by atoms with E-state index < -0.39 is 50.8 Å². The lowest BCUT2D eigenvalue weighted by Crippen LogP contribution is -2.57. The molecule has 0 radical (unpaired) electrons. The van der Waals surface area contributed by atoms with Crippen LogP contribution < -0.4 is 10.6 Å². The zero-order valence-electron chi connectivity index (χ0n) is 21.3. The molecule has 0 saturated carbocycles. The zero-order chi connectivity index (χ0) is 26.4. The molecule has 13 heteroatoms. The molecule has 2 atom stereocenters. The average Bonchev–Trinajstić information content (AvgIpc) is 3.27. The summed E-state index contributed by atoms with van der Waals surface area (Å²) in [5.41, 5.74) is -0.462. The number of urea groups is 1. The number of hydrogen-bond acceptors (Lipinski definition) is 9. The zero-order valence-corrected chi connectivity index (χ0v) is 22.1. The van der Waals surface area contributed by atoms with Crippen LogP contribution in [0.3, 0.4) is 0 Å². The van der Waals surface area contributed by atoms with Crippen molar-refractivity contribution >= 4 is 27.6 Å². The molecule has 0 aliphatic carbocycles. The van der Waals surface area contributed by atoms with Crippen molar-refractivity contribution in [3.05, 3.63) is 11.7 Å². The number of carbonyl (C=O) groups is 3. The van der Waals surface area contributed by atoms with E-state index in [1.165, 1.54) is 4.90 Å². The molecule has 12 nitrogen and oxygen atoms in total. The van der Waals surface area contributed by atoms with Gasteiger partial charge in [0.05, 0.1) is 30.8 Å². The number of aromatic nitrogens is 2. The lowest BCUT2D eigenvalue weighted by molar-refractivity contribution is -0.123. The Morgan fingerprint density at radius 3 is 2.20 bits per heavy atom. The molecule has 2 rings (SSSR count). The first-order valence-corrected chi connectivity index (χ1v) is 13.6. The topological polar surface area (TPSA) is 161 Å². The molecule has 3 amide bonds. The van der Waals surface area contributed by atoms with E-state index in [0.717, 1.165) is 0 Å². The first kappa shape index (κ1) is 28.7. The number of hydrogen-bond donors (Lipinski definition) is 2. The van der Waals surface area contributed by atoms with Crippen molar-refractivity contribution in [2.75, 3.05) is 37.8 Å². The molecule has 0 bridgehead atoms. The van der Waals surface area contributed by atoms with Gasteiger partial charge in [-0.05, 0) is 12.3 Å². The van der Waals surface area contributed by atoms with Crippen LogP contribution in [0.4, 0.5) is 4.79 Å². The number of sulfone groups is 1. The van der Waals surface area contributed by atoms with Gasteiger partial charge in [0.15, 0.2) is 9.84 Å². The predicted octanol–water partition coefficient (Wildman–Crippen LogP) is 0.926. The number of rotatable bonds is 10. The van der Waals surface area contributed by atoms with E-state index >= 15 is 0 Å². The van der Waals surface area contributed by atoms with Crippen molar-refractivity contribution in [1.82, 2.24) is 25.7 Å². The summed E-state index contributed by atoms with van der Waals surface area (Å²) in [4.78, 5) is 44.4. The van der Waals surface area contributed by atoms with Gasteiger partial charge in [-0.1, -0.05) is 46.7 Å². The Kier molecular flexibility index (Phi) is 9.78. The van der Waals surface area contributed by atoms with Gasteiger partial charge in [0.25, 0.3) is 0 Å². The van der Waals surface area contributed by atoms with E-state index in [1.54, 1.807) is 20.8 Å². The first-order chi connectivity index (χ1) is 16.2. The van der Waals surface area contributed by atoms with Gasteiger partial charge in [-0.15, -0.1) is 0 Å². The molecule has 0 spiro atoms. The minimum absolute atomic E-state index is 0.140. The second-order valence-corrected chi connectivity index (χ2v) is 12.2. The fourth-order valence-corrected chi connectivity index (χ4v) is 5.32. The van der Waals surface area contributed by atoms with Crippen LogP contribution >= 0.6 is 0 Å². The summed E-state index contributed by atoms with van der Waals surface area (Å²) in [5, 5.41) is 8.83. The smallest absolute Gasteiger partial charge is 0.318 e. The van der Waals surface area contributed by atoms with Gasteiger partial charge >= 0.3 is 6.03 Å². The van der Waals surface area contributed by atoms with E-state index in [1.807, 2.05) is 20.8 Å². The van der Waals surface area contributed by atoms with E-state index in [0.29, 0.717) is 26.3 Å². The molecule has 1 aliphatic rings. The largest absolute Gasteiger partial charge is 0.378 e. The Hall–Kier alpha value is -2.54. The fraction of sp³-hybridized carbons (Fsp3) is 0.773.